The summed E-state index contributed by atoms with van der Waals surface area (Å²) in [6.07, 6.45) is 2.89. The van der Waals surface area contributed by atoms with Crippen molar-refractivity contribution in [1.29, 1.82) is 0 Å². The summed E-state index contributed by atoms with van der Waals surface area (Å²) in [5, 5.41) is 19.8. The van der Waals surface area contributed by atoms with Crippen molar-refractivity contribution < 1.29 is 23.4 Å². The zero-order valence-electron chi connectivity index (χ0n) is 19.3. The molecule has 2 aliphatic heterocycles. The summed E-state index contributed by atoms with van der Waals surface area (Å²) < 4.78 is 34.6. The van der Waals surface area contributed by atoms with Gasteiger partial charge in [-0.1, -0.05) is 17.4 Å². The number of benzene rings is 1. The molecule has 2 aliphatic rings. The van der Waals surface area contributed by atoms with Crippen molar-refractivity contribution in [2.24, 2.45) is 0 Å². The molecule has 0 saturated carbocycles. The predicted molar refractivity (Wildman–Crippen MR) is 125 cm³/mol. The molecule has 1 fully saturated rings. The van der Waals surface area contributed by atoms with Gasteiger partial charge in [0, 0.05) is 44.5 Å². The number of fused-ring (bicyclic) bond motifs is 2. The molecule has 1 amide bonds. The van der Waals surface area contributed by atoms with Crippen LogP contribution in [-0.4, -0.2) is 56.5 Å². The van der Waals surface area contributed by atoms with Crippen molar-refractivity contribution in [2.45, 2.75) is 44.7 Å². The van der Waals surface area contributed by atoms with E-state index in [1.807, 2.05) is 13.8 Å². The summed E-state index contributed by atoms with van der Waals surface area (Å²) in [6, 6.07) is 3.20. The lowest BCUT2D eigenvalue weighted by molar-refractivity contribution is -0.0129. The molecule has 3 aromatic rings. The van der Waals surface area contributed by atoms with E-state index in [0.717, 1.165) is 17.4 Å². The van der Waals surface area contributed by atoms with Crippen molar-refractivity contribution >= 4 is 17.2 Å². The van der Waals surface area contributed by atoms with Gasteiger partial charge in [-0.15, -0.1) is 10.2 Å². The molecule has 0 bridgehead atoms. The highest BCUT2D eigenvalue weighted by Crippen LogP contribution is 2.39. The first-order valence-electron chi connectivity index (χ1n) is 11.3. The van der Waals surface area contributed by atoms with E-state index in [9.17, 15) is 23.5 Å². The minimum Gasteiger partial charge on any atom is -0.503 e. The maximum atomic E-state index is 14.1. The molecule has 184 valence electrons. The summed E-state index contributed by atoms with van der Waals surface area (Å²) in [5.41, 5.74) is -0.908. The Morgan fingerprint density at radius 2 is 1.94 bits per heavy atom. The molecule has 5 rings (SSSR count). The Morgan fingerprint density at radius 1 is 1.20 bits per heavy atom. The van der Waals surface area contributed by atoms with Crippen molar-refractivity contribution in [1.82, 2.24) is 19.7 Å². The highest BCUT2D eigenvalue weighted by molar-refractivity contribution is 7.14. The Hall–Kier alpha value is -3.18. The number of pyridine rings is 1. The number of hydrogen-bond acceptors (Lipinski definition) is 7. The van der Waals surface area contributed by atoms with E-state index in [4.69, 9.17) is 4.74 Å². The maximum Gasteiger partial charge on any atom is 0.274 e. The Bertz CT molecular complexity index is 1360. The van der Waals surface area contributed by atoms with E-state index < -0.39 is 34.3 Å². The molecular weight excluding hydrogens is 478 g/mol. The Morgan fingerprint density at radius 3 is 2.63 bits per heavy atom. The van der Waals surface area contributed by atoms with E-state index >= 15 is 0 Å². The lowest BCUT2D eigenvalue weighted by Crippen LogP contribution is -2.58. The van der Waals surface area contributed by atoms with Crippen LogP contribution in [0.15, 0.2) is 29.2 Å². The van der Waals surface area contributed by atoms with Gasteiger partial charge in [-0.3, -0.25) is 9.59 Å². The number of rotatable bonds is 4. The average Bonchev–Trinajstić information content (AvgIpc) is 3.28. The fourth-order valence-electron chi connectivity index (χ4n) is 4.76. The predicted octanol–water partition coefficient (Wildman–Crippen LogP) is 3.31. The molecule has 11 heteroatoms. The number of hydrogen-bond donors (Lipinski definition) is 1. The van der Waals surface area contributed by atoms with E-state index in [0.29, 0.717) is 37.6 Å². The molecule has 1 aromatic carbocycles. The monoisotopic (exact) mass is 502 g/mol. The summed E-state index contributed by atoms with van der Waals surface area (Å²) in [6.45, 7) is 5.22. The zero-order valence-corrected chi connectivity index (χ0v) is 20.1. The maximum absolute atomic E-state index is 14.1. The van der Waals surface area contributed by atoms with Crippen LogP contribution in [0.1, 0.15) is 47.7 Å². The zero-order chi connectivity index (χ0) is 24.9. The molecule has 1 saturated heterocycles. The van der Waals surface area contributed by atoms with Crippen LogP contribution in [-0.2, 0) is 16.7 Å². The SMILES string of the molecule is CC(C)N1CC2(CCOCC2)n2cc(-c3nnc(Cc4ccc(F)cc4F)s3)c(=O)c(O)c2C1=O. The van der Waals surface area contributed by atoms with E-state index in [1.54, 1.807) is 15.7 Å². The number of carbonyl (C=O) groups is 1. The lowest BCUT2D eigenvalue weighted by atomic mass is 9.85. The number of aromatic nitrogens is 3. The van der Waals surface area contributed by atoms with Crippen LogP contribution in [0.3, 0.4) is 0 Å². The standard InChI is InChI=1S/C24H24F2N4O4S/c1-13(2)29-12-24(5-7-34-8-6-24)30-11-16(20(31)21(32)19(30)23(29)33)22-28-27-18(35-22)9-14-3-4-15(25)10-17(14)26/h3-4,10-11,13,32H,5-9,12H2,1-2H3. The normalized spacial score (nSPS) is 17.3. The second-order valence-corrected chi connectivity index (χ2v) is 10.3. The number of carbonyl (C=O) groups excluding carboxylic acids is 1. The Labute approximate surface area is 203 Å². The van der Waals surface area contributed by atoms with Crippen molar-refractivity contribution in [3.8, 4) is 16.3 Å². The number of ether oxygens (including phenoxy) is 1. The van der Waals surface area contributed by atoms with Crippen LogP contribution in [0.25, 0.3) is 10.6 Å². The molecule has 0 aliphatic carbocycles. The molecule has 0 unspecified atom stereocenters. The largest absolute Gasteiger partial charge is 0.503 e. The van der Waals surface area contributed by atoms with Crippen molar-refractivity contribution in [2.75, 3.05) is 19.8 Å². The van der Waals surface area contributed by atoms with Crippen molar-refractivity contribution in [3.63, 3.8) is 0 Å². The molecular formula is C24H24F2N4O4S. The quantitative estimate of drug-likeness (QED) is 0.588. The molecule has 1 N–H and O–H groups in total. The van der Waals surface area contributed by atoms with Crippen LogP contribution in [0, 0.1) is 11.6 Å². The Kier molecular flexibility index (Phi) is 5.92. The fourth-order valence-corrected chi connectivity index (χ4v) is 5.63. The molecule has 0 radical (unpaired) electrons. The van der Waals surface area contributed by atoms with Gasteiger partial charge in [-0.25, -0.2) is 8.78 Å². The third-order valence-corrected chi connectivity index (χ3v) is 7.68. The smallest absolute Gasteiger partial charge is 0.274 e. The van der Waals surface area contributed by atoms with Gasteiger partial charge in [0.05, 0.1) is 11.1 Å². The molecule has 4 heterocycles. The third kappa shape index (κ3) is 4.02. The first-order valence-corrected chi connectivity index (χ1v) is 12.2. The minimum atomic E-state index is -0.715. The summed E-state index contributed by atoms with van der Waals surface area (Å²) >= 11 is 1.08. The van der Waals surface area contributed by atoms with Crippen molar-refractivity contribution in [3.05, 3.63) is 62.5 Å². The number of nitrogens with zero attached hydrogens (tertiary/aromatic N) is 4. The molecule has 8 nitrogen and oxygen atoms in total. The highest BCUT2D eigenvalue weighted by atomic mass is 32.1. The Balaban J connectivity index is 1.59. The third-order valence-electron chi connectivity index (χ3n) is 6.72. The minimum absolute atomic E-state index is 0.0290. The van der Waals surface area contributed by atoms with Crippen LogP contribution in [0.2, 0.25) is 0 Å². The van der Waals surface area contributed by atoms with Gasteiger partial charge in [0.15, 0.2) is 16.5 Å². The van der Waals surface area contributed by atoms with Gasteiger partial charge in [-0.2, -0.15) is 0 Å². The first-order chi connectivity index (χ1) is 16.7. The van der Waals surface area contributed by atoms with Gasteiger partial charge < -0.3 is 19.3 Å². The van der Waals surface area contributed by atoms with E-state index in [2.05, 4.69) is 10.2 Å². The van der Waals surface area contributed by atoms with Gasteiger partial charge in [0.25, 0.3) is 5.91 Å². The number of halogens is 2. The van der Waals surface area contributed by atoms with E-state index in [1.165, 1.54) is 12.1 Å². The number of amides is 1. The van der Waals surface area contributed by atoms with Crippen LogP contribution in [0.5, 0.6) is 5.75 Å². The molecule has 0 atom stereocenters. The molecule has 35 heavy (non-hydrogen) atoms. The fraction of sp³-hybridized carbons (Fsp3) is 0.417. The van der Waals surface area contributed by atoms with Gasteiger partial charge in [0.2, 0.25) is 5.43 Å². The molecule has 2 aromatic heterocycles. The number of aromatic hydroxyl groups is 1. The van der Waals surface area contributed by atoms with Crippen LogP contribution < -0.4 is 5.43 Å². The first kappa shape index (κ1) is 23.6. The topological polar surface area (TPSA) is 97.6 Å². The summed E-state index contributed by atoms with van der Waals surface area (Å²) in [5.74, 6) is -2.38. The lowest BCUT2D eigenvalue weighted by Gasteiger charge is -2.48. The second kappa shape index (κ2) is 8.80. The summed E-state index contributed by atoms with van der Waals surface area (Å²) in [7, 11) is 0. The summed E-state index contributed by atoms with van der Waals surface area (Å²) in [4.78, 5) is 28.1. The highest BCUT2D eigenvalue weighted by Gasteiger charge is 2.46. The van der Waals surface area contributed by atoms with Crippen LogP contribution in [0.4, 0.5) is 8.78 Å². The van der Waals surface area contributed by atoms with E-state index in [-0.39, 0.29) is 34.3 Å². The second-order valence-electron chi connectivity index (χ2n) is 9.22. The average molecular weight is 503 g/mol. The van der Waals surface area contributed by atoms with Gasteiger partial charge in [-0.05, 0) is 38.3 Å². The van der Waals surface area contributed by atoms with Gasteiger partial charge >= 0.3 is 0 Å². The van der Waals surface area contributed by atoms with Gasteiger partial charge in [0.1, 0.15) is 16.6 Å². The van der Waals surface area contributed by atoms with Crippen LogP contribution >= 0.6 is 11.3 Å². The molecule has 1 spiro atoms.